The van der Waals surface area contributed by atoms with Crippen molar-refractivity contribution in [2.24, 2.45) is 11.3 Å². The van der Waals surface area contributed by atoms with E-state index in [1.165, 1.54) is 17.0 Å². The zero-order valence-electron chi connectivity index (χ0n) is 23.8. The van der Waals surface area contributed by atoms with Crippen molar-refractivity contribution in [2.45, 2.75) is 47.3 Å². The molecule has 41 heavy (non-hydrogen) atoms. The molecule has 3 amide bonds. The molecule has 2 N–H and O–H groups in total. The molecule has 0 radical (unpaired) electrons. The predicted molar refractivity (Wildman–Crippen MR) is 156 cm³/mol. The third kappa shape index (κ3) is 9.91. The third-order valence-electron chi connectivity index (χ3n) is 6.01. The molecule has 1 aliphatic heterocycles. The maximum Gasteiger partial charge on any atom is 0.387 e. The third-order valence-corrected chi connectivity index (χ3v) is 7.24. The van der Waals surface area contributed by atoms with Crippen molar-refractivity contribution in [2.75, 3.05) is 49.6 Å². The second-order valence-electron chi connectivity index (χ2n) is 11.4. The van der Waals surface area contributed by atoms with Crippen LogP contribution in [-0.2, 0) is 14.3 Å². The van der Waals surface area contributed by atoms with Gasteiger partial charge in [0, 0.05) is 37.9 Å². The number of carbonyl (C=O) groups excluding carboxylic acids is 3. The maximum absolute atomic E-state index is 13.8. The molecule has 0 spiro atoms. The Bertz CT molecular complexity index is 1220. The number of nitrogens with one attached hydrogen (secondary N) is 2. The summed E-state index contributed by atoms with van der Waals surface area (Å²) in [7, 11) is 0. The first-order valence-electron chi connectivity index (χ1n) is 13.3. The highest BCUT2D eigenvalue weighted by Crippen LogP contribution is 2.32. The van der Waals surface area contributed by atoms with Crippen molar-refractivity contribution in [1.29, 1.82) is 0 Å². The quantitative estimate of drug-likeness (QED) is 0.345. The van der Waals surface area contributed by atoms with Crippen molar-refractivity contribution in [3.05, 3.63) is 39.5 Å². The standard InChI is InChI=1S/C28H37ClF2N4O5S/c1-17(2)14-34(16-28(3,4)5)20(13-32-26(38)22-8-9-23(29)41-22)25(37)33-19-7-6-18(12-21(19)40-27(30)31)35-10-11-39-15-24(35)36/h6-9,12,17,20,27H,10-11,13-16H2,1-5H3,(H,32,38)(H,33,37)/t20-/m0/s1. The molecule has 0 aliphatic carbocycles. The van der Waals surface area contributed by atoms with E-state index in [1.807, 2.05) is 39.5 Å². The Morgan fingerprint density at radius 2 is 1.95 bits per heavy atom. The van der Waals surface area contributed by atoms with Crippen molar-refractivity contribution >= 4 is 52.0 Å². The molecular weight excluding hydrogens is 578 g/mol. The Hall–Kier alpha value is -2.80. The van der Waals surface area contributed by atoms with Gasteiger partial charge in [-0.05, 0) is 35.6 Å². The van der Waals surface area contributed by atoms with E-state index in [-0.39, 0.29) is 54.3 Å². The first kappa shape index (κ1) is 32.7. The van der Waals surface area contributed by atoms with Crippen LogP contribution in [0.1, 0.15) is 44.3 Å². The van der Waals surface area contributed by atoms with Gasteiger partial charge in [0.15, 0.2) is 5.75 Å². The summed E-state index contributed by atoms with van der Waals surface area (Å²) in [6, 6.07) is 6.66. The molecule has 3 rings (SSSR count). The van der Waals surface area contributed by atoms with Gasteiger partial charge in [-0.3, -0.25) is 19.3 Å². The van der Waals surface area contributed by atoms with Gasteiger partial charge in [0.05, 0.1) is 21.5 Å². The lowest BCUT2D eigenvalue weighted by atomic mass is 9.94. The number of rotatable bonds is 12. The van der Waals surface area contributed by atoms with E-state index in [0.717, 1.165) is 11.3 Å². The summed E-state index contributed by atoms with van der Waals surface area (Å²) < 4.78 is 37.1. The molecule has 226 valence electrons. The van der Waals surface area contributed by atoms with Crippen LogP contribution in [0.4, 0.5) is 20.2 Å². The number of hydrogen-bond donors (Lipinski definition) is 2. The topological polar surface area (TPSA) is 100 Å². The van der Waals surface area contributed by atoms with E-state index in [1.54, 1.807) is 18.2 Å². The number of alkyl halides is 2. The Morgan fingerprint density at radius 3 is 2.54 bits per heavy atom. The fourth-order valence-corrected chi connectivity index (χ4v) is 5.42. The first-order valence-corrected chi connectivity index (χ1v) is 14.5. The molecule has 0 bridgehead atoms. The van der Waals surface area contributed by atoms with Crippen LogP contribution in [0.5, 0.6) is 5.75 Å². The lowest BCUT2D eigenvalue weighted by Gasteiger charge is -2.36. The highest BCUT2D eigenvalue weighted by atomic mass is 35.5. The lowest BCUT2D eigenvalue weighted by Crippen LogP contribution is -2.53. The van der Waals surface area contributed by atoms with Gasteiger partial charge in [0.2, 0.25) is 5.91 Å². The number of hydrogen-bond acceptors (Lipinski definition) is 7. The highest BCUT2D eigenvalue weighted by Gasteiger charge is 2.31. The molecular formula is C28H37ClF2N4O5S. The second-order valence-corrected chi connectivity index (χ2v) is 13.1. The highest BCUT2D eigenvalue weighted by molar-refractivity contribution is 7.18. The smallest absolute Gasteiger partial charge is 0.387 e. The summed E-state index contributed by atoms with van der Waals surface area (Å²) in [4.78, 5) is 42.7. The number of ether oxygens (including phenoxy) is 2. The average Bonchev–Trinajstić information content (AvgIpc) is 3.30. The van der Waals surface area contributed by atoms with Gasteiger partial charge >= 0.3 is 6.61 Å². The summed E-state index contributed by atoms with van der Waals surface area (Å²) >= 11 is 7.11. The Labute approximate surface area is 248 Å². The Balaban J connectivity index is 1.91. The van der Waals surface area contributed by atoms with Gasteiger partial charge in [-0.1, -0.05) is 46.2 Å². The van der Waals surface area contributed by atoms with Crippen molar-refractivity contribution in [1.82, 2.24) is 10.2 Å². The summed E-state index contributed by atoms with van der Waals surface area (Å²) in [6.07, 6.45) is 0. The molecule has 13 heteroatoms. The van der Waals surface area contributed by atoms with Crippen LogP contribution in [0.3, 0.4) is 0 Å². The maximum atomic E-state index is 13.8. The number of halogens is 3. The Morgan fingerprint density at radius 1 is 1.22 bits per heavy atom. The molecule has 1 fully saturated rings. The van der Waals surface area contributed by atoms with E-state index in [2.05, 4.69) is 10.6 Å². The van der Waals surface area contributed by atoms with E-state index in [9.17, 15) is 23.2 Å². The second kappa shape index (κ2) is 14.4. The Kier molecular flexibility index (Phi) is 11.5. The molecule has 0 unspecified atom stereocenters. The van der Waals surface area contributed by atoms with Gasteiger partial charge in [-0.2, -0.15) is 8.78 Å². The summed E-state index contributed by atoms with van der Waals surface area (Å²) in [5, 5.41) is 5.55. The van der Waals surface area contributed by atoms with Crippen LogP contribution in [0.2, 0.25) is 4.34 Å². The average molecular weight is 615 g/mol. The molecule has 1 saturated heterocycles. The van der Waals surface area contributed by atoms with Crippen LogP contribution < -0.4 is 20.3 Å². The van der Waals surface area contributed by atoms with Crippen molar-refractivity contribution in [3.8, 4) is 5.75 Å². The number of benzene rings is 1. The van der Waals surface area contributed by atoms with Gasteiger partial charge in [0.25, 0.3) is 11.8 Å². The van der Waals surface area contributed by atoms with E-state index < -0.39 is 18.6 Å². The van der Waals surface area contributed by atoms with Crippen molar-refractivity contribution in [3.63, 3.8) is 0 Å². The summed E-state index contributed by atoms with van der Waals surface area (Å²) in [5.41, 5.74) is 0.176. The lowest BCUT2D eigenvalue weighted by molar-refractivity contribution is -0.125. The minimum atomic E-state index is -3.16. The van der Waals surface area contributed by atoms with Crippen LogP contribution >= 0.6 is 22.9 Å². The molecule has 2 aromatic rings. The van der Waals surface area contributed by atoms with Crippen LogP contribution in [0.15, 0.2) is 30.3 Å². The van der Waals surface area contributed by atoms with E-state index in [4.69, 9.17) is 21.1 Å². The minimum Gasteiger partial charge on any atom is -0.433 e. The van der Waals surface area contributed by atoms with E-state index >= 15 is 0 Å². The number of morpholine rings is 1. The van der Waals surface area contributed by atoms with Gasteiger partial charge in [-0.25, -0.2) is 0 Å². The number of anilines is 2. The molecule has 2 heterocycles. The molecule has 1 aliphatic rings. The first-order chi connectivity index (χ1) is 19.2. The van der Waals surface area contributed by atoms with Gasteiger partial charge in [-0.15, -0.1) is 11.3 Å². The van der Waals surface area contributed by atoms with Gasteiger partial charge in [0.1, 0.15) is 12.6 Å². The monoisotopic (exact) mass is 614 g/mol. The zero-order chi connectivity index (χ0) is 30.3. The predicted octanol–water partition coefficient (Wildman–Crippen LogP) is 5.11. The van der Waals surface area contributed by atoms with Gasteiger partial charge < -0.3 is 25.0 Å². The summed E-state index contributed by atoms with van der Waals surface area (Å²) in [6.45, 7) is 8.51. The van der Waals surface area contributed by atoms with Crippen molar-refractivity contribution < 1.29 is 32.6 Å². The number of amides is 3. The molecule has 1 aromatic carbocycles. The van der Waals surface area contributed by atoms with E-state index in [0.29, 0.717) is 34.6 Å². The summed E-state index contributed by atoms with van der Waals surface area (Å²) in [5.74, 6) is -1.28. The number of thiophene rings is 1. The molecule has 1 aromatic heterocycles. The number of nitrogens with zero attached hydrogens (tertiary/aromatic N) is 2. The van der Waals surface area contributed by atoms with Crippen LogP contribution in [-0.4, -0.2) is 74.7 Å². The largest absolute Gasteiger partial charge is 0.433 e. The normalized spacial score (nSPS) is 15.0. The minimum absolute atomic E-state index is 0.0152. The fourth-order valence-electron chi connectivity index (χ4n) is 4.46. The molecule has 1 atom stereocenters. The zero-order valence-corrected chi connectivity index (χ0v) is 25.4. The number of carbonyl (C=O) groups is 3. The van der Waals surface area contributed by atoms with Crippen LogP contribution in [0, 0.1) is 11.3 Å². The van der Waals surface area contributed by atoms with Crippen LogP contribution in [0.25, 0.3) is 0 Å². The molecule has 0 saturated carbocycles. The molecule has 9 nitrogen and oxygen atoms in total. The SMILES string of the molecule is CC(C)CN(CC(C)(C)C)[C@@H](CNC(=O)c1ccc(Cl)s1)C(=O)Nc1ccc(N2CCOCC2=O)cc1OC(F)F. The fraction of sp³-hybridized carbons (Fsp3) is 0.536.